The number of nitrogens with one attached hydrogen (secondary N) is 1. The SMILES string of the molecule is NCCNC(=O)C1CCCN(C(=O)c2ccc(COc3ccc(F)cc3)o2)C1. The molecule has 0 bridgehead atoms. The first-order valence-electron chi connectivity index (χ1n) is 9.31. The van der Waals surface area contributed by atoms with Crippen molar-refractivity contribution in [2.45, 2.75) is 19.4 Å². The fourth-order valence-corrected chi connectivity index (χ4v) is 3.13. The van der Waals surface area contributed by atoms with E-state index in [4.69, 9.17) is 14.9 Å². The summed E-state index contributed by atoms with van der Waals surface area (Å²) in [6.07, 6.45) is 1.50. The molecule has 1 aliphatic heterocycles. The minimum atomic E-state index is -0.338. The van der Waals surface area contributed by atoms with Crippen LogP contribution in [0.5, 0.6) is 5.75 Å². The Morgan fingerprint density at radius 2 is 2.04 bits per heavy atom. The van der Waals surface area contributed by atoms with Crippen LogP contribution in [0.3, 0.4) is 0 Å². The summed E-state index contributed by atoms with van der Waals surface area (Å²) in [7, 11) is 0. The van der Waals surface area contributed by atoms with Crippen molar-refractivity contribution in [3.05, 3.63) is 53.7 Å². The van der Waals surface area contributed by atoms with Crippen molar-refractivity contribution in [3.63, 3.8) is 0 Å². The second kappa shape index (κ2) is 9.36. The number of likely N-dealkylation sites (tertiary alicyclic amines) is 1. The van der Waals surface area contributed by atoms with Crippen molar-refractivity contribution < 1.29 is 23.1 Å². The Kier molecular flexibility index (Phi) is 6.65. The summed E-state index contributed by atoms with van der Waals surface area (Å²) in [6.45, 7) is 1.89. The van der Waals surface area contributed by atoms with E-state index in [2.05, 4.69) is 5.32 Å². The predicted molar refractivity (Wildman–Crippen MR) is 100 cm³/mol. The number of ether oxygens (including phenoxy) is 1. The van der Waals surface area contributed by atoms with Crippen molar-refractivity contribution in [2.75, 3.05) is 26.2 Å². The summed E-state index contributed by atoms with van der Waals surface area (Å²) in [5, 5.41) is 2.78. The molecule has 150 valence electrons. The molecule has 1 fully saturated rings. The Hall–Kier alpha value is -2.87. The lowest BCUT2D eigenvalue weighted by Gasteiger charge is -2.31. The van der Waals surface area contributed by atoms with Gasteiger partial charge >= 0.3 is 0 Å². The lowest BCUT2D eigenvalue weighted by atomic mass is 9.97. The molecule has 0 radical (unpaired) electrons. The molecule has 8 heteroatoms. The van der Waals surface area contributed by atoms with Gasteiger partial charge in [0.1, 0.15) is 23.9 Å². The molecule has 1 aromatic carbocycles. The zero-order valence-electron chi connectivity index (χ0n) is 15.5. The first-order valence-corrected chi connectivity index (χ1v) is 9.31. The average Bonchev–Trinajstić information content (AvgIpc) is 3.20. The van der Waals surface area contributed by atoms with Crippen molar-refractivity contribution >= 4 is 11.8 Å². The van der Waals surface area contributed by atoms with E-state index >= 15 is 0 Å². The Labute approximate surface area is 162 Å². The highest BCUT2D eigenvalue weighted by Crippen LogP contribution is 2.21. The maximum Gasteiger partial charge on any atom is 0.289 e. The molecular formula is C20H24FN3O4. The van der Waals surface area contributed by atoms with Gasteiger partial charge in [-0.2, -0.15) is 0 Å². The zero-order chi connectivity index (χ0) is 19.9. The highest BCUT2D eigenvalue weighted by atomic mass is 19.1. The van der Waals surface area contributed by atoms with Crippen LogP contribution in [-0.4, -0.2) is 42.9 Å². The molecule has 2 aromatic rings. The van der Waals surface area contributed by atoms with E-state index in [1.165, 1.54) is 24.3 Å². The third-order valence-corrected chi connectivity index (χ3v) is 4.59. The number of hydrogen-bond acceptors (Lipinski definition) is 5. The molecule has 2 amide bonds. The second-order valence-corrected chi connectivity index (χ2v) is 6.68. The molecule has 2 heterocycles. The highest BCUT2D eigenvalue weighted by Gasteiger charge is 2.30. The van der Waals surface area contributed by atoms with E-state index < -0.39 is 0 Å². The number of halogens is 1. The number of carbonyl (C=O) groups excluding carboxylic acids is 2. The van der Waals surface area contributed by atoms with Gasteiger partial charge in [-0.05, 0) is 49.2 Å². The standard InChI is InChI=1S/C20H24FN3O4/c21-15-3-5-16(6-4-15)27-13-17-7-8-18(28-17)20(26)24-11-1-2-14(12-24)19(25)23-10-9-22/h3-8,14H,1-2,9-13,22H2,(H,23,25). The highest BCUT2D eigenvalue weighted by molar-refractivity contribution is 5.92. The maximum atomic E-state index is 12.9. The van der Waals surface area contributed by atoms with Crippen LogP contribution in [0, 0.1) is 11.7 Å². The van der Waals surface area contributed by atoms with Crippen LogP contribution >= 0.6 is 0 Å². The number of nitrogens with zero attached hydrogens (tertiary/aromatic N) is 1. The lowest BCUT2D eigenvalue weighted by molar-refractivity contribution is -0.126. The molecule has 28 heavy (non-hydrogen) atoms. The molecular weight excluding hydrogens is 365 g/mol. The van der Waals surface area contributed by atoms with Gasteiger partial charge in [0, 0.05) is 26.2 Å². The number of benzene rings is 1. The van der Waals surface area contributed by atoms with Gasteiger partial charge in [0.25, 0.3) is 5.91 Å². The van der Waals surface area contributed by atoms with Crippen molar-refractivity contribution in [1.82, 2.24) is 10.2 Å². The van der Waals surface area contributed by atoms with Gasteiger partial charge in [0.05, 0.1) is 5.92 Å². The number of carbonyl (C=O) groups is 2. The Balaban J connectivity index is 1.55. The number of hydrogen-bond donors (Lipinski definition) is 2. The van der Waals surface area contributed by atoms with Crippen LogP contribution in [0.1, 0.15) is 29.2 Å². The lowest BCUT2D eigenvalue weighted by Crippen LogP contribution is -2.46. The smallest absolute Gasteiger partial charge is 0.289 e. The van der Waals surface area contributed by atoms with Crippen LogP contribution in [0.2, 0.25) is 0 Å². The fourth-order valence-electron chi connectivity index (χ4n) is 3.13. The molecule has 1 unspecified atom stereocenters. The van der Waals surface area contributed by atoms with Gasteiger partial charge in [0.15, 0.2) is 5.76 Å². The third-order valence-electron chi connectivity index (χ3n) is 4.59. The van der Waals surface area contributed by atoms with Gasteiger partial charge in [-0.25, -0.2) is 4.39 Å². The van der Waals surface area contributed by atoms with Crippen LogP contribution < -0.4 is 15.8 Å². The zero-order valence-corrected chi connectivity index (χ0v) is 15.5. The largest absolute Gasteiger partial charge is 0.486 e. The minimum absolute atomic E-state index is 0.0734. The molecule has 0 aliphatic carbocycles. The molecule has 3 N–H and O–H groups in total. The predicted octanol–water partition coefficient (Wildman–Crippen LogP) is 1.92. The van der Waals surface area contributed by atoms with E-state index in [1.54, 1.807) is 17.0 Å². The van der Waals surface area contributed by atoms with E-state index in [-0.39, 0.29) is 35.9 Å². The molecule has 0 spiro atoms. The number of nitrogens with two attached hydrogens (primary N) is 1. The monoisotopic (exact) mass is 389 g/mol. The van der Waals surface area contributed by atoms with Crippen LogP contribution in [0.15, 0.2) is 40.8 Å². The number of amides is 2. The average molecular weight is 389 g/mol. The van der Waals surface area contributed by atoms with Gasteiger partial charge in [-0.15, -0.1) is 0 Å². The quantitative estimate of drug-likeness (QED) is 0.754. The van der Waals surface area contributed by atoms with Crippen LogP contribution in [0.25, 0.3) is 0 Å². The van der Waals surface area contributed by atoms with Gasteiger partial charge < -0.3 is 25.1 Å². The summed E-state index contributed by atoms with van der Waals surface area (Å²) < 4.78 is 24.0. The molecule has 1 atom stereocenters. The Morgan fingerprint density at radius 3 is 2.79 bits per heavy atom. The first kappa shape index (κ1) is 19.9. The van der Waals surface area contributed by atoms with Gasteiger partial charge in [-0.1, -0.05) is 0 Å². The molecule has 7 nitrogen and oxygen atoms in total. The fraction of sp³-hybridized carbons (Fsp3) is 0.400. The number of furan rings is 1. The summed E-state index contributed by atoms with van der Waals surface area (Å²) in [6, 6.07) is 8.93. The Bertz CT molecular complexity index is 806. The van der Waals surface area contributed by atoms with Gasteiger partial charge in [0.2, 0.25) is 5.91 Å². The van der Waals surface area contributed by atoms with Crippen LogP contribution in [-0.2, 0) is 11.4 Å². The molecule has 3 rings (SSSR count). The first-order chi connectivity index (χ1) is 13.6. The van der Waals surface area contributed by atoms with E-state index in [0.29, 0.717) is 37.7 Å². The minimum Gasteiger partial charge on any atom is -0.486 e. The van der Waals surface area contributed by atoms with Crippen LogP contribution in [0.4, 0.5) is 4.39 Å². The second-order valence-electron chi connectivity index (χ2n) is 6.68. The summed E-state index contributed by atoms with van der Waals surface area (Å²) >= 11 is 0. The van der Waals surface area contributed by atoms with Crippen molar-refractivity contribution in [1.29, 1.82) is 0 Å². The molecule has 1 saturated heterocycles. The maximum absolute atomic E-state index is 12.9. The molecule has 1 aromatic heterocycles. The Morgan fingerprint density at radius 1 is 1.25 bits per heavy atom. The molecule has 1 aliphatic rings. The summed E-state index contributed by atoms with van der Waals surface area (Å²) in [4.78, 5) is 26.5. The number of rotatable bonds is 7. The summed E-state index contributed by atoms with van der Waals surface area (Å²) in [5.74, 6) is 0.311. The summed E-state index contributed by atoms with van der Waals surface area (Å²) in [5.41, 5.74) is 5.41. The van der Waals surface area contributed by atoms with Gasteiger partial charge in [-0.3, -0.25) is 9.59 Å². The van der Waals surface area contributed by atoms with Crippen molar-refractivity contribution in [2.24, 2.45) is 11.7 Å². The normalized spacial score (nSPS) is 16.6. The topological polar surface area (TPSA) is 97.8 Å². The molecule has 0 saturated carbocycles. The van der Waals surface area contributed by atoms with E-state index in [9.17, 15) is 14.0 Å². The van der Waals surface area contributed by atoms with Crippen molar-refractivity contribution in [3.8, 4) is 5.75 Å². The van der Waals surface area contributed by atoms with E-state index in [0.717, 1.165) is 12.8 Å². The van der Waals surface area contributed by atoms with E-state index in [1.807, 2.05) is 0 Å². The third kappa shape index (κ3) is 5.10. The number of piperidine rings is 1.